The molecule has 0 aliphatic carbocycles. The third-order valence-corrected chi connectivity index (χ3v) is 2.93. The van der Waals surface area contributed by atoms with Crippen LogP contribution >= 0.6 is 0 Å². The number of aryl methyl sites for hydroxylation is 1. The minimum absolute atomic E-state index is 0.0279. The highest BCUT2D eigenvalue weighted by Crippen LogP contribution is 2.33. The first-order valence-corrected chi connectivity index (χ1v) is 6.23. The lowest BCUT2D eigenvalue weighted by Gasteiger charge is -2.12. The number of esters is 1. The molecule has 0 aromatic carbocycles. The summed E-state index contributed by atoms with van der Waals surface area (Å²) < 4.78 is 35.4. The molecule has 2 heterocycles. The van der Waals surface area contributed by atoms with E-state index in [1.165, 1.54) is 20.4 Å². The molecule has 0 amide bonds. The van der Waals surface area contributed by atoms with Gasteiger partial charge >= 0.3 is 5.97 Å². The van der Waals surface area contributed by atoms with Gasteiger partial charge in [-0.1, -0.05) is 0 Å². The number of aromatic nitrogens is 3. The van der Waals surface area contributed by atoms with Crippen LogP contribution in [-0.4, -0.2) is 35.4 Å². The van der Waals surface area contributed by atoms with Crippen LogP contribution in [0.15, 0.2) is 18.3 Å². The summed E-state index contributed by atoms with van der Waals surface area (Å²) in [6.07, 6.45) is -1.47. The Morgan fingerprint density at radius 2 is 1.91 bits per heavy atom. The van der Waals surface area contributed by atoms with Crippen molar-refractivity contribution < 1.29 is 23.0 Å². The number of halogens is 2. The Kier molecular flexibility index (Phi) is 4.59. The third-order valence-electron chi connectivity index (χ3n) is 2.93. The highest BCUT2D eigenvalue weighted by atomic mass is 19.3. The number of pyridine rings is 1. The highest BCUT2D eigenvalue weighted by molar-refractivity contribution is 5.97. The molecule has 2 aromatic rings. The van der Waals surface area contributed by atoms with Gasteiger partial charge in [0.05, 0.1) is 19.8 Å². The molecule has 22 heavy (non-hydrogen) atoms. The fourth-order valence-corrected chi connectivity index (χ4v) is 1.90. The Hall–Kier alpha value is -2.64. The van der Waals surface area contributed by atoms with Gasteiger partial charge in [-0.2, -0.15) is 0 Å². The average molecular weight is 309 g/mol. The van der Waals surface area contributed by atoms with E-state index < -0.39 is 18.1 Å². The molecule has 2 rings (SSSR count). The fraction of sp³-hybridized carbons (Fsp3) is 0.286. The molecule has 2 aromatic heterocycles. The molecule has 0 unspecified atom stereocenters. The second-order valence-electron chi connectivity index (χ2n) is 4.36. The molecule has 0 atom stereocenters. The van der Waals surface area contributed by atoms with Gasteiger partial charge < -0.3 is 9.47 Å². The maximum atomic E-state index is 12.9. The zero-order valence-corrected chi connectivity index (χ0v) is 12.1. The molecule has 116 valence electrons. The summed E-state index contributed by atoms with van der Waals surface area (Å²) in [5.74, 6) is -0.611. The van der Waals surface area contributed by atoms with Gasteiger partial charge in [0.1, 0.15) is 5.69 Å². The Labute approximate surface area is 125 Å². The fourth-order valence-electron chi connectivity index (χ4n) is 1.90. The van der Waals surface area contributed by atoms with E-state index in [2.05, 4.69) is 19.9 Å². The van der Waals surface area contributed by atoms with Crippen LogP contribution in [0.4, 0.5) is 8.78 Å². The van der Waals surface area contributed by atoms with Crippen molar-refractivity contribution in [1.82, 2.24) is 15.2 Å². The maximum absolute atomic E-state index is 12.9. The largest absolute Gasteiger partial charge is 0.479 e. The minimum Gasteiger partial charge on any atom is -0.479 e. The Morgan fingerprint density at radius 3 is 2.50 bits per heavy atom. The van der Waals surface area contributed by atoms with Gasteiger partial charge in [0.25, 0.3) is 6.43 Å². The number of rotatable bonds is 4. The van der Waals surface area contributed by atoms with Crippen molar-refractivity contribution in [1.29, 1.82) is 0 Å². The zero-order valence-electron chi connectivity index (χ0n) is 12.1. The van der Waals surface area contributed by atoms with Gasteiger partial charge in [0.15, 0.2) is 0 Å². The van der Waals surface area contributed by atoms with Crippen molar-refractivity contribution in [3.8, 4) is 17.0 Å². The van der Waals surface area contributed by atoms with Crippen LogP contribution in [-0.2, 0) is 4.74 Å². The van der Waals surface area contributed by atoms with Crippen LogP contribution in [0, 0.1) is 6.92 Å². The molecular formula is C14H13F2N3O3. The third kappa shape index (κ3) is 3.00. The molecule has 0 aliphatic heterocycles. The molecule has 0 saturated heterocycles. The molecule has 0 saturated carbocycles. The van der Waals surface area contributed by atoms with Crippen molar-refractivity contribution in [2.24, 2.45) is 0 Å². The van der Waals surface area contributed by atoms with E-state index in [0.29, 0.717) is 11.3 Å². The molecule has 0 spiro atoms. The number of methoxy groups -OCH3 is 2. The smallest absolute Gasteiger partial charge is 0.340 e. The van der Waals surface area contributed by atoms with E-state index in [9.17, 15) is 13.6 Å². The summed E-state index contributed by atoms with van der Waals surface area (Å²) in [5.41, 5.74) is 0.771. The van der Waals surface area contributed by atoms with Gasteiger partial charge in [-0.25, -0.2) is 13.6 Å². The van der Waals surface area contributed by atoms with Crippen LogP contribution in [0.1, 0.15) is 28.2 Å². The summed E-state index contributed by atoms with van der Waals surface area (Å²) in [7, 11) is 2.56. The first-order chi connectivity index (χ1) is 10.5. The standard InChI is InChI=1S/C14H13F2N3O3/c1-7-4-8(10(6-17-7)14(20)22-3)9-5-11(12(15)16)18-19-13(9)21-2/h4-6,12H,1-3H3. The average Bonchev–Trinajstić information content (AvgIpc) is 2.53. The van der Waals surface area contributed by atoms with Crippen LogP contribution in [0.25, 0.3) is 11.1 Å². The lowest BCUT2D eigenvalue weighted by molar-refractivity contribution is 0.0601. The van der Waals surface area contributed by atoms with Crippen LogP contribution in [0.3, 0.4) is 0 Å². The van der Waals surface area contributed by atoms with Crippen LogP contribution in [0.5, 0.6) is 5.88 Å². The Bertz CT molecular complexity index is 708. The molecule has 0 N–H and O–H groups in total. The minimum atomic E-state index is -2.79. The van der Waals surface area contributed by atoms with Crippen molar-refractivity contribution in [2.75, 3.05) is 14.2 Å². The lowest BCUT2D eigenvalue weighted by atomic mass is 10.0. The highest BCUT2D eigenvalue weighted by Gasteiger charge is 2.21. The first kappa shape index (κ1) is 15.7. The molecule has 8 heteroatoms. The second-order valence-corrected chi connectivity index (χ2v) is 4.36. The molecular weight excluding hydrogens is 296 g/mol. The number of hydrogen-bond donors (Lipinski definition) is 0. The number of hydrogen-bond acceptors (Lipinski definition) is 6. The van der Waals surface area contributed by atoms with Gasteiger partial charge in [-0.3, -0.25) is 4.98 Å². The summed E-state index contributed by atoms with van der Waals surface area (Å²) >= 11 is 0. The quantitative estimate of drug-likeness (QED) is 0.808. The monoisotopic (exact) mass is 309 g/mol. The zero-order chi connectivity index (χ0) is 16.3. The first-order valence-electron chi connectivity index (χ1n) is 6.23. The predicted octanol–water partition coefficient (Wildman–Crippen LogP) is 2.58. The normalized spacial score (nSPS) is 10.6. The van der Waals surface area contributed by atoms with Crippen molar-refractivity contribution in [2.45, 2.75) is 13.3 Å². The maximum Gasteiger partial charge on any atom is 0.340 e. The number of alkyl halides is 2. The summed E-state index contributed by atoms with van der Waals surface area (Å²) in [4.78, 5) is 15.9. The van der Waals surface area contributed by atoms with E-state index in [4.69, 9.17) is 4.74 Å². The second kappa shape index (κ2) is 6.42. The predicted molar refractivity (Wildman–Crippen MR) is 72.8 cm³/mol. The van der Waals surface area contributed by atoms with E-state index in [1.54, 1.807) is 13.0 Å². The summed E-state index contributed by atoms with van der Waals surface area (Å²) in [5, 5.41) is 7.02. The number of carbonyl (C=O) groups excluding carboxylic acids is 1. The van der Waals surface area contributed by atoms with Crippen LogP contribution < -0.4 is 4.74 Å². The number of carbonyl (C=O) groups is 1. The molecule has 0 bridgehead atoms. The van der Waals surface area contributed by atoms with Gasteiger partial charge in [-0.15, -0.1) is 10.2 Å². The van der Waals surface area contributed by atoms with Crippen LogP contribution in [0.2, 0.25) is 0 Å². The molecule has 0 aliphatic rings. The summed E-state index contributed by atoms with van der Waals surface area (Å²) in [6.45, 7) is 1.71. The van der Waals surface area contributed by atoms with Crippen molar-refractivity contribution in [3.63, 3.8) is 0 Å². The van der Waals surface area contributed by atoms with E-state index >= 15 is 0 Å². The van der Waals surface area contributed by atoms with Crippen molar-refractivity contribution >= 4 is 5.97 Å². The van der Waals surface area contributed by atoms with Gasteiger partial charge in [0, 0.05) is 23.0 Å². The Morgan fingerprint density at radius 1 is 1.18 bits per heavy atom. The van der Waals surface area contributed by atoms with Gasteiger partial charge in [-0.05, 0) is 19.1 Å². The number of nitrogens with zero attached hydrogens (tertiary/aromatic N) is 3. The van der Waals surface area contributed by atoms with E-state index in [1.807, 2.05) is 0 Å². The van der Waals surface area contributed by atoms with E-state index in [0.717, 1.165) is 6.07 Å². The topological polar surface area (TPSA) is 74.2 Å². The lowest BCUT2D eigenvalue weighted by Crippen LogP contribution is -2.07. The number of ether oxygens (including phenoxy) is 2. The molecule has 6 nitrogen and oxygen atoms in total. The SMILES string of the molecule is COC(=O)c1cnc(C)cc1-c1cc(C(F)F)nnc1OC. The summed E-state index contributed by atoms with van der Waals surface area (Å²) in [6, 6.07) is 2.71. The molecule has 0 fully saturated rings. The van der Waals surface area contributed by atoms with E-state index in [-0.39, 0.29) is 17.0 Å². The van der Waals surface area contributed by atoms with Crippen molar-refractivity contribution in [3.05, 3.63) is 35.3 Å². The van der Waals surface area contributed by atoms with Gasteiger partial charge in [0.2, 0.25) is 5.88 Å². The molecule has 0 radical (unpaired) electrons. The Balaban J connectivity index is 2.71.